The second kappa shape index (κ2) is 7.43. The first kappa shape index (κ1) is 16.4. The molecule has 0 unspecified atom stereocenters. The summed E-state index contributed by atoms with van der Waals surface area (Å²) in [5.74, 6) is 0.714. The average molecular weight is 346 g/mol. The van der Waals surface area contributed by atoms with E-state index < -0.39 is 0 Å². The van der Waals surface area contributed by atoms with Gasteiger partial charge in [-0.1, -0.05) is 47.1 Å². The highest BCUT2D eigenvalue weighted by atomic mass is 35.5. The summed E-state index contributed by atoms with van der Waals surface area (Å²) in [5, 5.41) is 4.02. The van der Waals surface area contributed by atoms with Crippen molar-refractivity contribution in [3.05, 3.63) is 58.6 Å². The van der Waals surface area contributed by atoms with Gasteiger partial charge in [0.25, 0.3) is 0 Å². The van der Waals surface area contributed by atoms with Crippen molar-refractivity contribution in [3.63, 3.8) is 0 Å². The van der Waals surface area contributed by atoms with Crippen LogP contribution in [0.15, 0.2) is 52.3 Å². The van der Waals surface area contributed by atoms with E-state index in [1.807, 2.05) is 18.2 Å². The number of rotatable bonds is 4. The van der Waals surface area contributed by atoms with Crippen LogP contribution in [0.1, 0.15) is 17.5 Å². The minimum atomic E-state index is 0.641. The van der Waals surface area contributed by atoms with Gasteiger partial charge < -0.3 is 10.1 Å². The van der Waals surface area contributed by atoms with Gasteiger partial charge in [-0.05, 0) is 55.3 Å². The Bertz CT molecular complexity index is 742. The molecule has 2 nitrogen and oxygen atoms in total. The molecule has 0 atom stereocenters. The van der Waals surface area contributed by atoms with Crippen LogP contribution in [0.5, 0.6) is 5.75 Å². The van der Waals surface area contributed by atoms with E-state index in [2.05, 4.69) is 36.5 Å². The van der Waals surface area contributed by atoms with Crippen molar-refractivity contribution in [2.45, 2.75) is 23.1 Å². The van der Waals surface area contributed by atoms with Crippen molar-refractivity contribution < 1.29 is 4.74 Å². The fourth-order valence-electron chi connectivity index (χ4n) is 2.68. The molecular formula is C19H20ClNOS. The van der Waals surface area contributed by atoms with E-state index >= 15 is 0 Å². The van der Waals surface area contributed by atoms with Crippen molar-refractivity contribution in [2.75, 3.05) is 20.2 Å². The van der Waals surface area contributed by atoms with Crippen molar-refractivity contribution in [1.82, 2.24) is 5.32 Å². The Morgan fingerprint density at radius 1 is 1.17 bits per heavy atom. The van der Waals surface area contributed by atoms with Gasteiger partial charge in [0.1, 0.15) is 5.75 Å². The lowest BCUT2D eigenvalue weighted by Crippen LogP contribution is -2.20. The Kier molecular flexibility index (Phi) is 5.31. The van der Waals surface area contributed by atoms with E-state index in [0.29, 0.717) is 10.8 Å². The molecule has 0 aromatic heterocycles. The van der Waals surface area contributed by atoms with E-state index in [1.165, 1.54) is 21.6 Å². The molecule has 2 aromatic rings. The minimum Gasteiger partial charge on any atom is -0.495 e. The number of halogens is 1. The molecule has 0 radical (unpaired) electrons. The molecule has 4 heteroatoms. The molecule has 120 valence electrons. The molecular weight excluding hydrogens is 326 g/mol. The van der Waals surface area contributed by atoms with Crippen molar-refractivity contribution in [2.24, 2.45) is 0 Å². The average Bonchev–Trinajstić information content (AvgIpc) is 2.59. The first-order chi connectivity index (χ1) is 11.2. The van der Waals surface area contributed by atoms with Crippen LogP contribution in [-0.2, 0) is 0 Å². The van der Waals surface area contributed by atoms with Crippen molar-refractivity contribution in [1.29, 1.82) is 0 Å². The molecule has 0 fully saturated rings. The van der Waals surface area contributed by atoms with E-state index in [4.69, 9.17) is 16.3 Å². The highest BCUT2D eigenvalue weighted by molar-refractivity contribution is 7.99. The van der Waals surface area contributed by atoms with Crippen LogP contribution in [0.3, 0.4) is 0 Å². The lowest BCUT2D eigenvalue weighted by Gasteiger charge is -2.18. The van der Waals surface area contributed by atoms with Gasteiger partial charge in [0.2, 0.25) is 0 Å². The summed E-state index contributed by atoms with van der Waals surface area (Å²) in [5.41, 5.74) is 4.05. The first-order valence-corrected chi connectivity index (χ1v) is 8.89. The number of benzene rings is 2. The highest BCUT2D eigenvalue weighted by Crippen LogP contribution is 2.38. The number of methoxy groups -OCH3 is 1. The predicted molar refractivity (Wildman–Crippen MR) is 98.8 cm³/mol. The van der Waals surface area contributed by atoms with Crippen molar-refractivity contribution >= 4 is 28.9 Å². The summed E-state index contributed by atoms with van der Waals surface area (Å²) in [6.07, 6.45) is 3.37. The number of nitrogens with one attached hydrogen (secondary N) is 1. The molecule has 0 saturated carbocycles. The first-order valence-electron chi connectivity index (χ1n) is 7.69. The summed E-state index contributed by atoms with van der Waals surface area (Å²) in [7, 11) is 1.65. The van der Waals surface area contributed by atoms with Gasteiger partial charge in [-0.3, -0.25) is 0 Å². The Labute approximate surface area is 146 Å². The predicted octanol–water partition coefficient (Wildman–Crippen LogP) is 5.18. The molecule has 1 aliphatic heterocycles. The maximum Gasteiger partial charge on any atom is 0.138 e. The minimum absolute atomic E-state index is 0.641. The van der Waals surface area contributed by atoms with Gasteiger partial charge in [0.05, 0.1) is 12.1 Å². The number of hydrogen-bond acceptors (Lipinski definition) is 3. The molecule has 0 spiro atoms. The van der Waals surface area contributed by atoms with Gasteiger partial charge in [-0.25, -0.2) is 0 Å². The molecule has 0 amide bonds. The van der Waals surface area contributed by atoms with Crippen LogP contribution in [0, 0.1) is 6.92 Å². The molecule has 23 heavy (non-hydrogen) atoms. The summed E-state index contributed by atoms with van der Waals surface area (Å²) in [6.45, 7) is 4.13. The molecule has 0 saturated heterocycles. The highest BCUT2D eigenvalue weighted by Gasteiger charge is 2.12. The SMILES string of the molecule is COc1cc(Sc2ccc(C)cc2C2=CCNCC2)ccc1Cl. The van der Waals surface area contributed by atoms with E-state index in [0.717, 1.165) is 24.4 Å². The Hall–Kier alpha value is -1.42. The van der Waals surface area contributed by atoms with Crippen LogP contribution in [-0.4, -0.2) is 20.2 Å². The molecule has 0 bridgehead atoms. The number of hydrogen-bond donors (Lipinski definition) is 1. The summed E-state index contributed by atoms with van der Waals surface area (Å²) in [6, 6.07) is 12.6. The molecule has 0 aliphatic carbocycles. The normalized spacial score (nSPS) is 14.5. The molecule has 3 rings (SSSR count). The van der Waals surface area contributed by atoms with Gasteiger partial charge >= 0.3 is 0 Å². The van der Waals surface area contributed by atoms with Crippen LogP contribution < -0.4 is 10.1 Å². The zero-order valence-corrected chi connectivity index (χ0v) is 14.9. The fraction of sp³-hybridized carbons (Fsp3) is 0.263. The van der Waals surface area contributed by atoms with Crippen LogP contribution in [0.2, 0.25) is 5.02 Å². The lowest BCUT2D eigenvalue weighted by molar-refractivity contribution is 0.414. The van der Waals surface area contributed by atoms with Crippen molar-refractivity contribution in [3.8, 4) is 5.75 Å². The third-order valence-electron chi connectivity index (χ3n) is 3.90. The maximum absolute atomic E-state index is 6.12. The fourth-order valence-corrected chi connectivity index (χ4v) is 3.87. The molecule has 1 N–H and O–H groups in total. The third kappa shape index (κ3) is 3.92. The standard InChI is InChI=1S/C19H20ClNOS/c1-13-3-6-19(16(11-13)14-7-9-21-10-8-14)23-15-4-5-17(20)18(12-15)22-2/h3-7,11-12,21H,8-10H2,1-2H3. The second-order valence-corrected chi connectivity index (χ2v) is 7.10. The zero-order chi connectivity index (χ0) is 16.2. The second-order valence-electron chi connectivity index (χ2n) is 5.58. The summed E-state index contributed by atoms with van der Waals surface area (Å²) >= 11 is 7.88. The number of ether oxygens (including phenoxy) is 1. The molecule has 1 aliphatic rings. The van der Waals surface area contributed by atoms with Crippen LogP contribution in [0.4, 0.5) is 0 Å². The van der Waals surface area contributed by atoms with E-state index in [9.17, 15) is 0 Å². The maximum atomic E-state index is 6.12. The van der Waals surface area contributed by atoms with Crippen LogP contribution in [0.25, 0.3) is 5.57 Å². The Morgan fingerprint density at radius 2 is 2.04 bits per heavy atom. The van der Waals surface area contributed by atoms with E-state index in [1.54, 1.807) is 18.9 Å². The Balaban J connectivity index is 1.95. The van der Waals surface area contributed by atoms with E-state index in [-0.39, 0.29) is 0 Å². The zero-order valence-electron chi connectivity index (χ0n) is 13.4. The smallest absolute Gasteiger partial charge is 0.138 e. The largest absolute Gasteiger partial charge is 0.495 e. The summed E-state index contributed by atoms with van der Waals surface area (Å²) in [4.78, 5) is 2.40. The third-order valence-corrected chi connectivity index (χ3v) is 5.27. The van der Waals surface area contributed by atoms with Gasteiger partial charge in [-0.2, -0.15) is 0 Å². The molecule has 2 aromatic carbocycles. The van der Waals surface area contributed by atoms with Gasteiger partial charge in [0, 0.05) is 16.3 Å². The number of aryl methyl sites for hydroxylation is 1. The lowest BCUT2D eigenvalue weighted by atomic mass is 9.99. The quantitative estimate of drug-likeness (QED) is 0.824. The van der Waals surface area contributed by atoms with Gasteiger partial charge in [0.15, 0.2) is 0 Å². The monoisotopic (exact) mass is 345 g/mol. The molecule has 1 heterocycles. The van der Waals surface area contributed by atoms with Gasteiger partial charge in [-0.15, -0.1) is 0 Å². The Morgan fingerprint density at radius 3 is 2.78 bits per heavy atom. The topological polar surface area (TPSA) is 21.3 Å². The summed E-state index contributed by atoms with van der Waals surface area (Å²) < 4.78 is 5.32. The van der Waals surface area contributed by atoms with Crippen LogP contribution >= 0.6 is 23.4 Å².